The molecule has 0 radical (unpaired) electrons. The summed E-state index contributed by atoms with van der Waals surface area (Å²) < 4.78 is 19.3. The number of anilines is 1. The Morgan fingerprint density at radius 1 is 1.47 bits per heavy atom. The van der Waals surface area contributed by atoms with Gasteiger partial charge in [0.25, 0.3) is 0 Å². The molecular formula is C13H15ClFN3O. The Balaban J connectivity index is 2.23. The van der Waals surface area contributed by atoms with E-state index >= 15 is 0 Å². The highest BCUT2D eigenvalue weighted by Gasteiger charge is 2.18. The minimum absolute atomic E-state index is 0.112. The number of hydrogen-bond donors (Lipinski definition) is 2. The highest BCUT2D eigenvalue weighted by atomic mass is 35.5. The molecule has 0 bridgehead atoms. The lowest BCUT2D eigenvalue weighted by molar-refractivity contribution is 0.377. The van der Waals surface area contributed by atoms with Crippen molar-refractivity contribution in [2.75, 3.05) is 26.0 Å². The predicted molar refractivity (Wildman–Crippen MR) is 74.4 cm³/mol. The van der Waals surface area contributed by atoms with E-state index in [9.17, 15) is 4.39 Å². The lowest BCUT2D eigenvalue weighted by Gasteiger charge is -2.24. The fraction of sp³-hybridized carbons (Fsp3) is 0.231. The van der Waals surface area contributed by atoms with E-state index in [-0.39, 0.29) is 10.8 Å². The van der Waals surface area contributed by atoms with Gasteiger partial charge in [0.2, 0.25) is 0 Å². The third-order valence-corrected chi connectivity index (χ3v) is 3.22. The summed E-state index contributed by atoms with van der Waals surface area (Å²) in [5.74, 6) is 0.426. The number of benzene rings is 1. The number of allylic oxidation sites excluding steroid dienone is 1. The number of ether oxygens (including phenoxy) is 1. The van der Waals surface area contributed by atoms with E-state index in [0.717, 1.165) is 0 Å². The Bertz CT molecular complexity index is 557. The van der Waals surface area contributed by atoms with Crippen molar-refractivity contribution in [3.05, 3.63) is 46.7 Å². The molecule has 0 fully saturated rings. The molecule has 4 nitrogen and oxygen atoms in total. The van der Waals surface area contributed by atoms with Crippen molar-refractivity contribution in [1.82, 2.24) is 4.90 Å². The maximum absolute atomic E-state index is 13.8. The smallest absolute Gasteiger partial charge is 0.167 e. The minimum atomic E-state index is -0.463. The van der Waals surface area contributed by atoms with Gasteiger partial charge in [0.1, 0.15) is 16.6 Å². The number of nitrogens with one attached hydrogen (secondary N) is 1. The molecule has 6 heteroatoms. The lowest BCUT2D eigenvalue weighted by atomic mass is 10.2. The topological polar surface area (TPSA) is 50.5 Å². The molecule has 1 aliphatic heterocycles. The zero-order chi connectivity index (χ0) is 14.0. The van der Waals surface area contributed by atoms with Crippen LogP contribution < -0.4 is 15.8 Å². The standard InChI is InChI=1S/C13H15ClFN3O/c1-17-8-3-4-10(9(15)7-8)19-11-5-6-18(2)13(16)12(11)14/h3-5,7,17H,6,16H2,1-2H3. The molecule has 0 unspecified atom stereocenters. The van der Waals surface area contributed by atoms with Gasteiger partial charge in [0.15, 0.2) is 11.6 Å². The van der Waals surface area contributed by atoms with Crippen LogP contribution in [-0.2, 0) is 0 Å². The van der Waals surface area contributed by atoms with Crippen molar-refractivity contribution in [3.63, 3.8) is 0 Å². The van der Waals surface area contributed by atoms with Crippen molar-refractivity contribution >= 4 is 17.3 Å². The summed E-state index contributed by atoms with van der Waals surface area (Å²) >= 11 is 6.07. The summed E-state index contributed by atoms with van der Waals surface area (Å²) in [6.45, 7) is 0.563. The van der Waals surface area contributed by atoms with Crippen LogP contribution in [0.5, 0.6) is 5.75 Å². The van der Waals surface area contributed by atoms with Crippen LogP contribution in [-0.4, -0.2) is 25.5 Å². The molecule has 1 heterocycles. The van der Waals surface area contributed by atoms with Gasteiger partial charge in [0, 0.05) is 32.4 Å². The SMILES string of the molecule is CNc1ccc(OC2=CCN(C)C(N)=C2Cl)c(F)c1. The van der Waals surface area contributed by atoms with Gasteiger partial charge in [-0.1, -0.05) is 11.6 Å². The lowest BCUT2D eigenvalue weighted by Crippen LogP contribution is -2.29. The van der Waals surface area contributed by atoms with Gasteiger partial charge in [-0.2, -0.15) is 0 Å². The third-order valence-electron chi connectivity index (χ3n) is 2.84. The van der Waals surface area contributed by atoms with Crippen LogP contribution in [0.3, 0.4) is 0 Å². The molecule has 0 atom stereocenters. The van der Waals surface area contributed by atoms with E-state index in [0.29, 0.717) is 23.8 Å². The van der Waals surface area contributed by atoms with E-state index in [1.165, 1.54) is 6.07 Å². The minimum Gasteiger partial charge on any atom is -0.453 e. The Morgan fingerprint density at radius 2 is 2.21 bits per heavy atom. The highest BCUT2D eigenvalue weighted by molar-refractivity contribution is 6.32. The normalized spacial score (nSPS) is 15.4. The first-order chi connectivity index (χ1) is 9.02. The molecule has 1 aromatic rings. The Morgan fingerprint density at radius 3 is 2.84 bits per heavy atom. The van der Waals surface area contributed by atoms with Crippen molar-refractivity contribution in [2.24, 2.45) is 5.73 Å². The van der Waals surface area contributed by atoms with Gasteiger partial charge in [-0.05, 0) is 18.2 Å². The van der Waals surface area contributed by atoms with E-state index in [1.54, 1.807) is 30.2 Å². The van der Waals surface area contributed by atoms with Crippen molar-refractivity contribution in [2.45, 2.75) is 0 Å². The molecule has 3 N–H and O–H groups in total. The molecule has 0 saturated heterocycles. The van der Waals surface area contributed by atoms with Crippen LogP contribution in [0.2, 0.25) is 0 Å². The molecular weight excluding hydrogens is 269 g/mol. The molecule has 0 saturated carbocycles. The van der Waals surface area contributed by atoms with E-state index < -0.39 is 5.82 Å². The number of nitrogens with two attached hydrogens (primary N) is 1. The molecule has 2 rings (SSSR count). The average Bonchev–Trinajstić information content (AvgIpc) is 2.41. The van der Waals surface area contributed by atoms with Gasteiger partial charge in [0.05, 0.1) is 0 Å². The van der Waals surface area contributed by atoms with Crippen molar-refractivity contribution in [3.8, 4) is 5.75 Å². The summed E-state index contributed by atoms with van der Waals surface area (Å²) in [5, 5.41) is 3.13. The second-order valence-corrected chi connectivity index (χ2v) is 4.52. The number of rotatable bonds is 3. The van der Waals surface area contributed by atoms with Crippen LogP contribution in [0.1, 0.15) is 0 Å². The molecule has 0 amide bonds. The van der Waals surface area contributed by atoms with Crippen molar-refractivity contribution < 1.29 is 9.13 Å². The van der Waals surface area contributed by atoms with Crippen LogP contribution in [0, 0.1) is 5.82 Å². The number of hydrogen-bond acceptors (Lipinski definition) is 4. The zero-order valence-electron chi connectivity index (χ0n) is 10.7. The monoisotopic (exact) mass is 283 g/mol. The second kappa shape index (κ2) is 5.40. The van der Waals surface area contributed by atoms with Gasteiger partial charge < -0.3 is 20.7 Å². The maximum atomic E-state index is 13.8. The summed E-state index contributed by atoms with van der Waals surface area (Å²) in [5.41, 5.74) is 6.47. The number of nitrogens with zero attached hydrogens (tertiary/aromatic N) is 1. The maximum Gasteiger partial charge on any atom is 0.167 e. The molecule has 102 valence electrons. The van der Waals surface area contributed by atoms with Gasteiger partial charge >= 0.3 is 0 Å². The average molecular weight is 284 g/mol. The molecule has 1 aromatic carbocycles. The largest absolute Gasteiger partial charge is 0.453 e. The molecule has 19 heavy (non-hydrogen) atoms. The Labute approximate surface area is 116 Å². The van der Waals surface area contributed by atoms with Gasteiger partial charge in [-0.25, -0.2) is 4.39 Å². The molecule has 0 aromatic heterocycles. The molecule has 0 aliphatic carbocycles. The summed E-state index contributed by atoms with van der Waals surface area (Å²) in [7, 11) is 3.53. The van der Waals surface area contributed by atoms with Crippen LogP contribution in [0.15, 0.2) is 40.9 Å². The first-order valence-corrected chi connectivity index (χ1v) is 6.12. The fourth-order valence-electron chi connectivity index (χ4n) is 1.65. The number of likely N-dealkylation sites (N-methyl/N-ethyl adjacent to an activating group) is 1. The molecule has 1 aliphatic rings. The van der Waals surface area contributed by atoms with Gasteiger partial charge in [-0.15, -0.1) is 0 Å². The third kappa shape index (κ3) is 2.76. The van der Waals surface area contributed by atoms with Crippen molar-refractivity contribution in [1.29, 1.82) is 0 Å². The van der Waals surface area contributed by atoms with Crippen LogP contribution in [0.25, 0.3) is 0 Å². The number of halogens is 2. The first kappa shape index (κ1) is 13.5. The van der Waals surface area contributed by atoms with E-state index in [4.69, 9.17) is 22.1 Å². The van der Waals surface area contributed by atoms with E-state index in [1.807, 2.05) is 7.05 Å². The summed E-state index contributed by atoms with van der Waals surface area (Å²) in [6, 6.07) is 4.61. The van der Waals surface area contributed by atoms with E-state index in [2.05, 4.69) is 5.32 Å². The fourth-order valence-corrected chi connectivity index (χ4v) is 1.91. The van der Waals surface area contributed by atoms with Crippen LogP contribution >= 0.6 is 11.6 Å². The predicted octanol–water partition coefficient (Wildman–Crippen LogP) is 2.44. The second-order valence-electron chi connectivity index (χ2n) is 4.15. The van der Waals surface area contributed by atoms with Crippen LogP contribution in [0.4, 0.5) is 10.1 Å². The van der Waals surface area contributed by atoms with Gasteiger partial charge in [-0.3, -0.25) is 0 Å². The Hall–Kier alpha value is -1.88. The highest BCUT2D eigenvalue weighted by Crippen LogP contribution is 2.28. The quantitative estimate of drug-likeness (QED) is 0.895. The summed E-state index contributed by atoms with van der Waals surface area (Å²) in [4.78, 5) is 1.77. The molecule has 0 spiro atoms. The summed E-state index contributed by atoms with van der Waals surface area (Å²) in [6.07, 6.45) is 1.75. The first-order valence-electron chi connectivity index (χ1n) is 5.75. The zero-order valence-corrected chi connectivity index (χ0v) is 11.5. The Kier molecular flexibility index (Phi) is 3.85.